The molecule has 1 fully saturated rings. The molecule has 1 aliphatic rings. The average molecular weight is 270 g/mol. The monoisotopic (exact) mass is 270 g/mol. The Morgan fingerprint density at radius 3 is 2.65 bits per heavy atom. The lowest BCUT2D eigenvalue weighted by Gasteiger charge is -2.24. The number of terminal acetylenes is 1. The fourth-order valence-corrected chi connectivity index (χ4v) is 2.47. The summed E-state index contributed by atoms with van der Waals surface area (Å²) in [6.07, 6.45) is 6.58. The maximum absolute atomic E-state index is 12.1. The topological polar surface area (TPSA) is 43.4 Å². The molecule has 1 aliphatic carbocycles. The third kappa shape index (κ3) is 3.27. The van der Waals surface area contributed by atoms with Gasteiger partial charge in [0.15, 0.2) is 6.10 Å². The number of esters is 1. The van der Waals surface area contributed by atoms with Crippen molar-refractivity contribution in [3.05, 3.63) is 35.9 Å². The van der Waals surface area contributed by atoms with Crippen LogP contribution in [0.3, 0.4) is 0 Å². The van der Waals surface area contributed by atoms with E-state index in [4.69, 9.17) is 11.2 Å². The first-order valence-electron chi connectivity index (χ1n) is 6.86. The van der Waals surface area contributed by atoms with Crippen molar-refractivity contribution in [2.75, 3.05) is 0 Å². The van der Waals surface area contributed by atoms with Crippen LogP contribution in [0.1, 0.15) is 37.9 Å². The van der Waals surface area contributed by atoms with E-state index in [1.807, 2.05) is 37.3 Å². The van der Waals surface area contributed by atoms with Crippen LogP contribution in [0.15, 0.2) is 30.3 Å². The van der Waals surface area contributed by atoms with Gasteiger partial charge in [-0.25, -0.2) is 0 Å². The molecule has 3 atom stereocenters. The minimum Gasteiger partial charge on any atom is -0.444 e. The Balaban J connectivity index is 2.03. The molecule has 104 valence electrons. The minimum absolute atomic E-state index is 0.0300. The number of carbonyl (C=O) groups excluding carboxylic acids is 2. The van der Waals surface area contributed by atoms with Gasteiger partial charge in [-0.15, -0.1) is 6.42 Å². The van der Waals surface area contributed by atoms with Crippen LogP contribution in [0.4, 0.5) is 0 Å². The Kier molecular flexibility index (Phi) is 4.57. The third-order valence-electron chi connectivity index (χ3n) is 3.66. The largest absolute Gasteiger partial charge is 0.444 e. The Labute approximate surface area is 119 Å². The van der Waals surface area contributed by atoms with Crippen LogP contribution in [0.2, 0.25) is 0 Å². The zero-order valence-electron chi connectivity index (χ0n) is 11.5. The van der Waals surface area contributed by atoms with Gasteiger partial charge in [-0.05, 0) is 18.8 Å². The van der Waals surface area contributed by atoms with Gasteiger partial charge in [0.25, 0.3) is 0 Å². The van der Waals surface area contributed by atoms with Gasteiger partial charge in [-0.2, -0.15) is 0 Å². The van der Waals surface area contributed by atoms with Crippen LogP contribution in [0.5, 0.6) is 0 Å². The van der Waals surface area contributed by atoms with Gasteiger partial charge < -0.3 is 4.74 Å². The average Bonchev–Trinajstić information content (AvgIpc) is 2.45. The van der Waals surface area contributed by atoms with E-state index in [2.05, 4.69) is 5.92 Å². The fraction of sp³-hybridized carbons (Fsp3) is 0.412. The third-order valence-corrected chi connectivity index (χ3v) is 3.66. The van der Waals surface area contributed by atoms with Gasteiger partial charge in [0.05, 0.1) is 0 Å². The normalized spacial score (nSPS) is 23.7. The lowest BCUT2D eigenvalue weighted by Crippen LogP contribution is -2.32. The van der Waals surface area contributed by atoms with Crippen molar-refractivity contribution in [2.24, 2.45) is 11.8 Å². The Morgan fingerprint density at radius 1 is 1.35 bits per heavy atom. The SMILES string of the molecule is C#CC(OC(=O)C1CCC(C)CC1=O)c1ccccc1. The highest BCUT2D eigenvalue weighted by molar-refractivity contribution is 5.99. The maximum atomic E-state index is 12.1. The van der Waals surface area contributed by atoms with Crippen molar-refractivity contribution >= 4 is 11.8 Å². The molecule has 3 unspecified atom stereocenters. The van der Waals surface area contributed by atoms with Gasteiger partial charge in [0.1, 0.15) is 11.7 Å². The van der Waals surface area contributed by atoms with E-state index in [1.54, 1.807) is 0 Å². The molecule has 0 N–H and O–H groups in total. The number of benzene rings is 1. The number of Topliss-reactive ketones (excluding diaryl/α,β-unsaturated/α-hetero) is 1. The number of ketones is 1. The number of rotatable bonds is 3. The number of ether oxygens (including phenoxy) is 1. The van der Waals surface area contributed by atoms with E-state index < -0.39 is 18.0 Å². The molecule has 2 rings (SSSR count). The second kappa shape index (κ2) is 6.38. The summed E-state index contributed by atoms with van der Waals surface area (Å²) >= 11 is 0. The highest BCUT2D eigenvalue weighted by Crippen LogP contribution is 2.28. The van der Waals surface area contributed by atoms with Gasteiger partial charge in [0, 0.05) is 12.0 Å². The van der Waals surface area contributed by atoms with E-state index in [9.17, 15) is 9.59 Å². The maximum Gasteiger partial charge on any atom is 0.318 e. The van der Waals surface area contributed by atoms with E-state index >= 15 is 0 Å². The molecule has 0 aromatic heterocycles. The van der Waals surface area contributed by atoms with Crippen molar-refractivity contribution in [1.29, 1.82) is 0 Å². The van der Waals surface area contributed by atoms with E-state index in [0.717, 1.165) is 12.0 Å². The second-order valence-electron chi connectivity index (χ2n) is 5.30. The first kappa shape index (κ1) is 14.3. The van der Waals surface area contributed by atoms with Gasteiger partial charge in [0.2, 0.25) is 0 Å². The van der Waals surface area contributed by atoms with Crippen molar-refractivity contribution in [2.45, 2.75) is 32.3 Å². The summed E-state index contributed by atoms with van der Waals surface area (Å²) in [7, 11) is 0. The van der Waals surface area contributed by atoms with Crippen LogP contribution in [0, 0.1) is 24.2 Å². The predicted octanol–water partition coefficient (Wildman–Crippen LogP) is 2.91. The smallest absolute Gasteiger partial charge is 0.318 e. The molecule has 1 saturated carbocycles. The first-order valence-corrected chi connectivity index (χ1v) is 6.86. The molecule has 3 nitrogen and oxygen atoms in total. The molecule has 1 aromatic rings. The van der Waals surface area contributed by atoms with Crippen LogP contribution in [0.25, 0.3) is 0 Å². The predicted molar refractivity (Wildman–Crippen MR) is 75.6 cm³/mol. The molecule has 0 bridgehead atoms. The molecule has 3 heteroatoms. The highest BCUT2D eigenvalue weighted by atomic mass is 16.5. The summed E-state index contributed by atoms with van der Waals surface area (Å²) in [6, 6.07) is 9.15. The Hall–Kier alpha value is -2.08. The molecule has 1 aromatic carbocycles. The van der Waals surface area contributed by atoms with Crippen LogP contribution in [-0.4, -0.2) is 11.8 Å². The summed E-state index contributed by atoms with van der Waals surface area (Å²) in [5, 5.41) is 0. The molecule has 0 aliphatic heterocycles. The molecule has 0 saturated heterocycles. The van der Waals surface area contributed by atoms with E-state index in [-0.39, 0.29) is 5.78 Å². The van der Waals surface area contributed by atoms with E-state index in [0.29, 0.717) is 18.8 Å². The Bertz CT molecular complexity index is 527. The lowest BCUT2D eigenvalue weighted by atomic mass is 9.82. The number of hydrogen-bond donors (Lipinski definition) is 0. The highest BCUT2D eigenvalue weighted by Gasteiger charge is 2.34. The van der Waals surface area contributed by atoms with Gasteiger partial charge in [-0.1, -0.05) is 43.2 Å². The zero-order chi connectivity index (χ0) is 14.5. The van der Waals surface area contributed by atoms with Crippen molar-refractivity contribution < 1.29 is 14.3 Å². The van der Waals surface area contributed by atoms with Crippen molar-refractivity contribution in [1.82, 2.24) is 0 Å². The fourth-order valence-electron chi connectivity index (χ4n) is 2.47. The molecular weight excluding hydrogens is 252 g/mol. The molecule has 20 heavy (non-hydrogen) atoms. The molecule has 0 spiro atoms. The minimum atomic E-state index is -0.726. The quantitative estimate of drug-likeness (QED) is 0.482. The summed E-state index contributed by atoms with van der Waals surface area (Å²) in [4.78, 5) is 24.0. The second-order valence-corrected chi connectivity index (χ2v) is 5.30. The summed E-state index contributed by atoms with van der Waals surface area (Å²) in [5.74, 6) is 1.64. The van der Waals surface area contributed by atoms with Crippen LogP contribution >= 0.6 is 0 Å². The van der Waals surface area contributed by atoms with E-state index in [1.165, 1.54) is 0 Å². The number of carbonyl (C=O) groups is 2. The zero-order valence-corrected chi connectivity index (χ0v) is 11.5. The summed E-state index contributed by atoms with van der Waals surface area (Å²) in [6.45, 7) is 2.02. The number of hydrogen-bond acceptors (Lipinski definition) is 3. The molecule has 0 amide bonds. The van der Waals surface area contributed by atoms with Crippen LogP contribution < -0.4 is 0 Å². The molecule has 0 radical (unpaired) electrons. The van der Waals surface area contributed by atoms with Gasteiger partial charge >= 0.3 is 5.97 Å². The summed E-state index contributed by atoms with van der Waals surface area (Å²) < 4.78 is 5.33. The van der Waals surface area contributed by atoms with Crippen molar-refractivity contribution in [3.63, 3.8) is 0 Å². The lowest BCUT2D eigenvalue weighted by molar-refractivity contribution is -0.156. The molecule has 0 heterocycles. The first-order chi connectivity index (χ1) is 9.61. The molecular formula is C17H18O3. The summed E-state index contributed by atoms with van der Waals surface area (Å²) in [5.41, 5.74) is 0.750. The standard InChI is InChI=1S/C17H18O3/c1-3-16(13-7-5-4-6-8-13)20-17(19)14-10-9-12(2)11-15(14)18/h1,4-8,12,14,16H,9-11H2,2H3. The Morgan fingerprint density at radius 2 is 2.05 bits per heavy atom. The van der Waals surface area contributed by atoms with Crippen LogP contribution in [-0.2, 0) is 14.3 Å². The van der Waals surface area contributed by atoms with Crippen molar-refractivity contribution in [3.8, 4) is 12.3 Å². The van der Waals surface area contributed by atoms with Gasteiger partial charge in [-0.3, -0.25) is 9.59 Å².